The molecule has 0 saturated carbocycles. The maximum Gasteiger partial charge on any atom is 0.307 e. The molecule has 2 N–H and O–H groups in total. The molecule has 0 saturated heterocycles. The molecule has 0 atom stereocenters. The molecule has 0 aliphatic carbocycles. The molecule has 2 aromatic rings. The van der Waals surface area contributed by atoms with Crippen LogP contribution in [0.2, 0.25) is 0 Å². The molecule has 0 spiro atoms. The molecule has 24 heavy (non-hydrogen) atoms. The zero-order valence-electron chi connectivity index (χ0n) is 14.1. The maximum absolute atomic E-state index is 12.2. The van der Waals surface area contributed by atoms with Crippen molar-refractivity contribution in [2.24, 2.45) is 5.92 Å². The first-order chi connectivity index (χ1) is 11.4. The van der Waals surface area contributed by atoms with E-state index in [0.29, 0.717) is 23.6 Å². The van der Waals surface area contributed by atoms with Gasteiger partial charge in [-0.05, 0) is 41.2 Å². The second kappa shape index (κ2) is 8.29. The third-order valence-electron chi connectivity index (χ3n) is 3.60. The van der Waals surface area contributed by atoms with Crippen LogP contribution in [-0.2, 0) is 28.9 Å². The third-order valence-corrected chi connectivity index (χ3v) is 3.60. The lowest BCUT2D eigenvalue weighted by molar-refractivity contribution is -0.136. The lowest BCUT2D eigenvalue weighted by atomic mass is 10.0. The predicted molar refractivity (Wildman–Crippen MR) is 95.1 cm³/mol. The summed E-state index contributed by atoms with van der Waals surface area (Å²) in [6.45, 7) is 4.36. The van der Waals surface area contributed by atoms with Gasteiger partial charge in [-0.2, -0.15) is 0 Å². The van der Waals surface area contributed by atoms with Crippen molar-refractivity contribution in [2.45, 2.75) is 33.1 Å². The van der Waals surface area contributed by atoms with Gasteiger partial charge in [0, 0.05) is 5.69 Å². The molecular formula is C20H23NO3. The smallest absolute Gasteiger partial charge is 0.307 e. The molecule has 0 aliphatic heterocycles. The van der Waals surface area contributed by atoms with E-state index in [2.05, 4.69) is 31.3 Å². The van der Waals surface area contributed by atoms with E-state index < -0.39 is 5.97 Å². The van der Waals surface area contributed by atoms with Gasteiger partial charge in [-0.15, -0.1) is 0 Å². The Morgan fingerprint density at radius 2 is 1.62 bits per heavy atom. The molecule has 0 aliphatic rings. The summed E-state index contributed by atoms with van der Waals surface area (Å²) in [6, 6.07) is 15.0. The van der Waals surface area contributed by atoms with E-state index in [1.807, 2.05) is 12.1 Å². The third kappa shape index (κ3) is 5.88. The van der Waals surface area contributed by atoms with Gasteiger partial charge < -0.3 is 10.4 Å². The van der Waals surface area contributed by atoms with E-state index in [1.165, 1.54) is 5.56 Å². The van der Waals surface area contributed by atoms with Gasteiger partial charge in [0.1, 0.15) is 0 Å². The van der Waals surface area contributed by atoms with Crippen molar-refractivity contribution in [3.8, 4) is 0 Å². The average Bonchev–Trinajstić information content (AvgIpc) is 2.48. The molecule has 2 rings (SSSR count). The number of hydrogen-bond donors (Lipinski definition) is 2. The lowest BCUT2D eigenvalue weighted by Gasteiger charge is -2.08. The van der Waals surface area contributed by atoms with Gasteiger partial charge in [-0.1, -0.05) is 50.2 Å². The van der Waals surface area contributed by atoms with E-state index in [4.69, 9.17) is 5.11 Å². The second-order valence-corrected chi connectivity index (χ2v) is 6.41. The molecule has 2 aromatic carbocycles. The van der Waals surface area contributed by atoms with Gasteiger partial charge in [0.25, 0.3) is 0 Å². The van der Waals surface area contributed by atoms with Crippen LogP contribution < -0.4 is 5.32 Å². The number of rotatable bonds is 7. The number of aliphatic carboxylic acids is 1. The monoisotopic (exact) mass is 325 g/mol. The van der Waals surface area contributed by atoms with Gasteiger partial charge in [0.05, 0.1) is 12.8 Å². The summed E-state index contributed by atoms with van der Waals surface area (Å²) in [5.41, 5.74) is 3.52. The Morgan fingerprint density at radius 1 is 0.958 bits per heavy atom. The predicted octanol–water partition coefficient (Wildman–Crippen LogP) is 3.69. The first-order valence-electron chi connectivity index (χ1n) is 8.11. The number of benzene rings is 2. The minimum Gasteiger partial charge on any atom is -0.481 e. The lowest BCUT2D eigenvalue weighted by Crippen LogP contribution is -2.14. The number of carbonyl (C=O) groups excluding carboxylic acids is 1. The zero-order chi connectivity index (χ0) is 17.5. The minimum atomic E-state index is -0.889. The zero-order valence-corrected chi connectivity index (χ0v) is 14.1. The molecular weight excluding hydrogens is 302 g/mol. The fourth-order valence-corrected chi connectivity index (χ4v) is 2.59. The van der Waals surface area contributed by atoms with Crippen molar-refractivity contribution < 1.29 is 14.7 Å². The molecule has 0 heterocycles. The van der Waals surface area contributed by atoms with E-state index in [1.54, 1.807) is 24.3 Å². The van der Waals surface area contributed by atoms with E-state index >= 15 is 0 Å². The van der Waals surface area contributed by atoms with Crippen LogP contribution >= 0.6 is 0 Å². The van der Waals surface area contributed by atoms with Crippen molar-refractivity contribution in [1.82, 2.24) is 0 Å². The van der Waals surface area contributed by atoms with Gasteiger partial charge in [-0.3, -0.25) is 9.59 Å². The Bertz CT molecular complexity index is 705. The molecule has 126 valence electrons. The Hall–Kier alpha value is -2.62. The molecule has 0 aromatic heterocycles. The number of carboxylic acid groups (broad SMARTS) is 1. The number of amides is 1. The van der Waals surface area contributed by atoms with Crippen LogP contribution in [-0.4, -0.2) is 17.0 Å². The molecule has 0 unspecified atom stereocenters. The van der Waals surface area contributed by atoms with Crippen LogP contribution in [0.4, 0.5) is 5.69 Å². The van der Waals surface area contributed by atoms with Crippen molar-refractivity contribution in [1.29, 1.82) is 0 Å². The summed E-state index contributed by atoms with van der Waals surface area (Å²) < 4.78 is 0. The van der Waals surface area contributed by atoms with E-state index in [-0.39, 0.29) is 12.3 Å². The number of carbonyl (C=O) groups is 2. The number of carboxylic acids is 1. The van der Waals surface area contributed by atoms with E-state index in [9.17, 15) is 9.59 Å². The minimum absolute atomic E-state index is 0.0545. The maximum atomic E-state index is 12.2. The first-order valence-corrected chi connectivity index (χ1v) is 8.11. The molecule has 1 amide bonds. The quantitative estimate of drug-likeness (QED) is 0.816. The summed E-state index contributed by atoms with van der Waals surface area (Å²) in [4.78, 5) is 22.9. The summed E-state index contributed by atoms with van der Waals surface area (Å²) >= 11 is 0. The summed E-state index contributed by atoms with van der Waals surface area (Å²) in [5, 5.41) is 11.6. The highest BCUT2D eigenvalue weighted by Crippen LogP contribution is 2.13. The number of hydrogen-bond acceptors (Lipinski definition) is 2. The molecule has 0 fully saturated rings. The van der Waals surface area contributed by atoms with Crippen molar-refractivity contribution >= 4 is 17.6 Å². The second-order valence-electron chi connectivity index (χ2n) is 6.41. The van der Waals surface area contributed by atoms with Crippen LogP contribution in [0.25, 0.3) is 0 Å². The fourth-order valence-electron chi connectivity index (χ4n) is 2.59. The summed E-state index contributed by atoms with van der Waals surface area (Å²) in [6.07, 6.45) is 1.27. The van der Waals surface area contributed by atoms with Gasteiger partial charge in [0.15, 0.2) is 0 Å². The van der Waals surface area contributed by atoms with Crippen LogP contribution in [0.3, 0.4) is 0 Å². The number of nitrogens with one attached hydrogen (secondary N) is 1. The van der Waals surface area contributed by atoms with Crippen molar-refractivity contribution in [3.05, 3.63) is 65.2 Å². The largest absolute Gasteiger partial charge is 0.481 e. The van der Waals surface area contributed by atoms with Gasteiger partial charge in [-0.25, -0.2) is 0 Å². The molecule has 4 nitrogen and oxygen atoms in total. The van der Waals surface area contributed by atoms with Crippen LogP contribution in [0.1, 0.15) is 30.5 Å². The standard InChI is InChI=1S/C20H23NO3/c1-14(2)10-15-6-8-16(9-7-15)12-19(22)21-18-5-3-4-17(11-18)13-20(23)24/h3-9,11,14H,10,12-13H2,1-2H3,(H,21,22)(H,23,24). The van der Waals surface area contributed by atoms with Gasteiger partial charge in [0.2, 0.25) is 5.91 Å². The highest BCUT2D eigenvalue weighted by molar-refractivity contribution is 5.92. The Labute approximate surface area is 142 Å². The Balaban J connectivity index is 1.94. The highest BCUT2D eigenvalue weighted by atomic mass is 16.4. The molecule has 0 radical (unpaired) electrons. The Kier molecular flexibility index (Phi) is 6.13. The van der Waals surface area contributed by atoms with Gasteiger partial charge >= 0.3 is 5.97 Å². The summed E-state index contributed by atoms with van der Waals surface area (Å²) in [7, 11) is 0. The SMILES string of the molecule is CC(C)Cc1ccc(CC(=O)Nc2cccc(CC(=O)O)c2)cc1. The fraction of sp³-hybridized carbons (Fsp3) is 0.300. The van der Waals surface area contributed by atoms with Crippen molar-refractivity contribution in [2.75, 3.05) is 5.32 Å². The average molecular weight is 325 g/mol. The van der Waals surface area contributed by atoms with Crippen LogP contribution in [0, 0.1) is 5.92 Å². The normalized spacial score (nSPS) is 10.6. The topological polar surface area (TPSA) is 66.4 Å². The summed E-state index contributed by atoms with van der Waals surface area (Å²) in [5.74, 6) is -0.392. The van der Waals surface area contributed by atoms with Crippen LogP contribution in [0.5, 0.6) is 0 Å². The molecule has 4 heteroatoms. The van der Waals surface area contributed by atoms with Crippen molar-refractivity contribution in [3.63, 3.8) is 0 Å². The Morgan fingerprint density at radius 3 is 2.25 bits per heavy atom. The first kappa shape index (κ1) is 17.7. The number of anilines is 1. The highest BCUT2D eigenvalue weighted by Gasteiger charge is 2.07. The molecule has 0 bridgehead atoms. The van der Waals surface area contributed by atoms with E-state index in [0.717, 1.165) is 12.0 Å². The van der Waals surface area contributed by atoms with Crippen LogP contribution in [0.15, 0.2) is 48.5 Å².